The molecule has 6 nitrogen and oxygen atoms in total. The first-order valence-electron chi connectivity index (χ1n) is 15.6. The fraction of sp³-hybridized carbons (Fsp3) is 0.289. The predicted octanol–water partition coefficient (Wildman–Crippen LogP) is 6.96. The lowest BCUT2D eigenvalue weighted by atomic mass is 9.87. The number of benzene rings is 4. The van der Waals surface area contributed by atoms with Gasteiger partial charge >= 0.3 is 0 Å². The predicted molar refractivity (Wildman–Crippen MR) is 176 cm³/mol. The quantitative estimate of drug-likeness (QED) is 0.168. The first kappa shape index (κ1) is 29.5. The number of hydrogen-bond acceptors (Lipinski definition) is 4. The third-order valence-corrected chi connectivity index (χ3v) is 8.77. The molecule has 1 amide bonds. The minimum Gasteiger partial charge on any atom is -0.493 e. The SMILES string of the molecule is CCN1CCN(C(=O)C[C@H](c2ccc(OCc3ccccc3)c(OC)c2)c2cn(Cc3ccccc3)c3ccccc23)CC1. The van der Waals surface area contributed by atoms with Gasteiger partial charge in [-0.3, -0.25) is 4.79 Å². The largest absolute Gasteiger partial charge is 0.493 e. The topological polar surface area (TPSA) is 46.9 Å². The van der Waals surface area contributed by atoms with Crippen molar-refractivity contribution < 1.29 is 14.3 Å². The van der Waals surface area contributed by atoms with Crippen molar-refractivity contribution in [2.75, 3.05) is 39.8 Å². The molecule has 226 valence electrons. The summed E-state index contributed by atoms with van der Waals surface area (Å²) in [6.45, 7) is 7.79. The molecule has 4 aromatic carbocycles. The third-order valence-electron chi connectivity index (χ3n) is 8.77. The molecule has 44 heavy (non-hydrogen) atoms. The number of aromatic nitrogens is 1. The highest BCUT2D eigenvalue weighted by Crippen LogP contribution is 2.39. The Kier molecular flexibility index (Phi) is 9.28. The van der Waals surface area contributed by atoms with Gasteiger partial charge in [0, 0.05) is 62.2 Å². The lowest BCUT2D eigenvalue weighted by molar-refractivity contribution is -0.133. The van der Waals surface area contributed by atoms with E-state index in [4.69, 9.17) is 9.47 Å². The highest BCUT2D eigenvalue weighted by atomic mass is 16.5. The van der Waals surface area contributed by atoms with Crippen LogP contribution in [0.5, 0.6) is 11.5 Å². The van der Waals surface area contributed by atoms with Crippen LogP contribution in [0.3, 0.4) is 0 Å². The molecule has 1 aliphatic rings. The Morgan fingerprint density at radius 2 is 1.48 bits per heavy atom. The van der Waals surface area contributed by atoms with E-state index in [0.717, 1.165) is 61.5 Å². The molecule has 6 rings (SSSR count). The number of amides is 1. The molecule has 1 atom stereocenters. The summed E-state index contributed by atoms with van der Waals surface area (Å²) in [4.78, 5) is 18.3. The second kappa shape index (κ2) is 13.8. The minimum absolute atomic E-state index is 0.147. The molecule has 1 fully saturated rings. The van der Waals surface area contributed by atoms with E-state index in [1.54, 1.807) is 7.11 Å². The average Bonchev–Trinajstić information content (AvgIpc) is 3.44. The number of nitrogens with zero attached hydrogens (tertiary/aromatic N) is 3. The van der Waals surface area contributed by atoms with Gasteiger partial charge in [-0.2, -0.15) is 0 Å². The fourth-order valence-corrected chi connectivity index (χ4v) is 6.24. The number of fused-ring (bicyclic) bond motifs is 1. The van der Waals surface area contributed by atoms with Gasteiger partial charge in [-0.05, 0) is 47.0 Å². The summed E-state index contributed by atoms with van der Waals surface area (Å²) in [5.74, 6) is 1.40. The van der Waals surface area contributed by atoms with Gasteiger partial charge in [-0.15, -0.1) is 0 Å². The van der Waals surface area contributed by atoms with Crippen molar-refractivity contribution >= 4 is 16.8 Å². The Morgan fingerprint density at radius 3 is 2.18 bits per heavy atom. The highest BCUT2D eigenvalue weighted by molar-refractivity contribution is 5.87. The van der Waals surface area contributed by atoms with Crippen LogP contribution in [0.4, 0.5) is 0 Å². The van der Waals surface area contributed by atoms with E-state index in [0.29, 0.717) is 24.5 Å². The zero-order valence-corrected chi connectivity index (χ0v) is 25.7. The van der Waals surface area contributed by atoms with Crippen LogP contribution < -0.4 is 9.47 Å². The molecular weight excluding hydrogens is 546 g/mol. The van der Waals surface area contributed by atoms with Crippen molar-refractivity contribution in [3.63, 3.8) is 0 Å². The number of carbonyl (C=O) groups excluding carboxylic acids is 1. The van der Waals surface area contributed by atoms with Crippen LogP contribution in [0.2, 0.25) is 0 Å². The molecule has 1 aromatic heterocycles. The molecule has 6 heteroatoms. The maximum atomic E-state index is 13.9. The summed E-state index contributed by atoms with van der Waals surface area (Å²) in [5, 5.41) is 1.17. The Labute approximate surface area is 260 Å². The van der Waals surface area contributed by atoms with E-state index in [-0.39, 0.29) is 11.8 Å². The van der Waals surface area contributed by atoms with E-state index >= 15 is 0 Å². The Morgan fingerprint density at radius 1 is 0.795 bits per heavy atom. The van der Waals surface area contributed by atoms with Crippen LogP contribution in [-0.2, 0) is 17.9 Å². The maximum absolute atomic E-state index is 13.9. The van der Waals surface area contributed by atoms with Crippen LogP contribution in [0.25, 0.3) is 10.9 Å². The number of ether oxygens (including phenoxy) is 2. The van der Waals surface area contributed by atoms with Gasteiger partial charge in [0.15, 0.2) is 11.5 Å². The van der Waals surface area contributed by atoms with Crippen molar-refractivity contribution in [1.82, 2.24) is 14.4 Å². The van der Waals surface area contributed by atoms with Crippen molar-refractivity contribution in [3.8, 4) is 11.5 Å². The molecule has 0 unspecified atom stereocenters. The Bertz CT molecular complexity index is 1670. The van der Waals surface area contributed by atoms with Gasteiger partial charge in [-0.1, -0.05) is 91.9 Å². The van der Waals surface area contributed by atoms with Crippen LogP contribution in [-0.4, -0.2) is 60.1 Å². The van der Waals surface area contributed by atoms with Gasteiger partial charge in [0.25, 0.3) is 0 Å². The third kappa shape index (κ3) is 6.66. The van der Waals surface area contributed by atoms with Crippen molar-refractivity contribution in [1.29, 1.82) is 0 Å². The second-order valence-corrected chi connectivity index (χ2v) is 11.5. The first-order chi connectivity index (χ1) is 21.6. The van der Waals surface area contributed by atoms with E-state index < -0.39 is 0 Å². The molecule has 0 aliphatic carbocycles. The minimum atomic E-state index is -0.147. The summed E-state index contributed by atoms with van der Waals surface area (Å²) in [6.07, 6.45) is 2.63. The van der Waals surface area contributed by atoms with Crippen molar-refractivity contribution in [3.05, 3.63) is 132 Å². The Hall–Kier alpha value is -4.55. The lowest BCUT2D eigenvalue weighted by Gasteiger charge is -2.35. The summed E-state index contributed by atoms with van der Waals surface area (Å²) in [7, 11) is 1.67. The van der Waals surface area contributed by atoms with Gasteiger partial charge in [0.1, 0.15) is 6.61 Å². The summed E-state index contributed by atoms with van der Waals surface area (Å²) in [6, 6.07) is 35.3. The fourth-order valence-electron chi connectivity index (χ4n) is 6.24. The monoisotopic (exact) mass is 587 g/mol. The molecule has 1 saturated heterocycles. The average molecular weight is 588 g/mol. The van der Waals surface area contributed by atoms with E-state index in [1.807, 2.05) is 47.4 Å². The molecule has 0 N–H and O–H groups in total. The number of rotatable bonds is 11. The molecule has 5 aromatic rings. The van der Waals surface area contributed by atoms with Gasteiger partial charge < -0.3 is 23.8 Å². The number of para-hydroxylation sites is 1. The van der Waals surface area contributed by atoms with Crippen molar-refractivity contribution in [2.24, 2.45) is 0 Å². The van der Waals surface area contributed by atoms with Crippen LogP contribution in [0.15, 0.2) is 109 Å². The number of methoxy groups -OCH3 is 1. The zero-order valence-electron chi connectivity index (χ0n) is 25.7. The Balaban J connectivity index is 1.36. The van der Waals surface area contributed by atoms with Gasteiger partial charge in [0.2, 0.25) is 5.91 Å². The normalized spacial score (nSPS) is 14.5. The number of carbonyl (C=O) groups is 1. The standard InChI is InChI=1S/C38H41N3O3/c1-3-39-20-22-40(23-21-39)38(42)25-33(31-18-19-36(37(24-31)43-2)44-28-30-14-8-5-9-15-30)34-27-41(26-29-12-6-4-7-13-29)35-17-11-10-16-32(34)35/h4-19,24,27,33H,3,20-23,25-26,28H2,1-2H3/t33-/m1/s1. The summed E-state index contributed by atoms with van der Waals surface area (Å²) < 4.78 is 14.3. The zero-order chi connectivity index (χ0) is 30.3. The number of likely N-dealkylation sites (N-methyl/N-ethyl adjacent to an activating group) is 1. The first-order valence-corrected chi connectivity index (χ1v) is 15.6. The number of piperazine rings is 1. The molecule has 0 saturated carbocycles. The van der Waals surface area contributed by atoms with Crippen molar-refractivity contribution in [2.45, 2.75) is 32.4 Å². The molecular formula is C38H41N3O3. The van der Waals surface area contributed by atoms with E-state index in [1.165, 1.54) is 10.9 Å². The molecule has 1 aliphatic heterocycles. The summed E-state index contributed by atoms with van der Waals surface area (Å²) in [5.41, 5.74) is 5.68. The molecule has 0 radical (unpaired) electrons. The second-order valence-electron chi connectivity index (χ2n) is 11.5. The van der Waals surface area contributed by atoms with Crippen LogP contribution in [0.1, 0.15) is 41.5 Å². The molecule has 0 bridgehead atoms. The summed E-state index contributed by atoms with van der Waals surface area (Å²) >= 11 is 0. The van der Waals surface area contributed by atoms with Crippen LogP contribution in [0, 0.1) is 0 Å². The molecule has 0 spiro atoms. The molecule has 2 heterocycles. The van der Waals surface area contributed by atoms with E-state index in [2.05, 4.69) is 83.3 Å². The number of hydrogen-bond donors (Lipinski definition) is 0. The lowest BCUT2D eigenvalue weighted by Crippen LogP contribution is -2.48. The maximum Gasteiger partial charge on any atom is 0.223 e. The smallest absolute Gasteiger partial charge is 0.223 e. The van der Waals surface area contributed by atoms with Crippen LogP contribution >= 0.6 is 0 Å². The van der Waals surface area contributed by atoms with E-state index in [9.17, 15) is 4.79 Å². The van der Waals surface area contributed by atoms with Gasteiger partial charge in [0.05, 0.1) is 7.11 Å². The van der Waals surface area contributed by atoms with Gasteiger partial charge in [-0.25, -0.2) is 0 Å². The highest BCUT2D eigenvalue weighted by Gasteiger charge is 2.28.